The smallest absolute Gasteiger partial charge is 0.183 e. The van der Waals surface area contributed by atoms with E-state index in [1.807, 2.05) is 13.1 Å². The van der Waals surface area contributed by atoms with E-state index in [-0.39, 0.29) is 23.7 Å². The zero-order valence-electron chi connectivity index (χ0n) is 13.7. The van der Waals surface area contributed by atoms with Crippen molar-refractivity contribution in [1.29, 1.82) is 0 Å². The van der Waals surface area contributed by atoms with E-state index in [1.165, 1.54) is 5.56 Å². The third kappa shape index (κ3) is 2.06. The first-order chi connectivity index (χ1) is 10.9. The molecule has 0 radical (unpaired) electrons. The highest BCUT2D eigenvalue weighted by atomic mass is 16.5. The Morgan fingerprint density at radius 3 is 2.96 bits per heavy atom. The summed E-state index contributed by atoms with van der Waals surface area (Å²) in [6.45, 7) is 2.15. The summed E-state index contributed by atoms with van der Waals surface area (Å²) in [6, 6.07) is 2.19. The zero-order valence-corrected chi connectivity index (χ0v) is 13.7. The lowest BCUT2D eigenvalue weighted by atomic mass is 9.64. The van der Waals surface area contributed by atoms with Crippen LogP contribution >= 0.6 is 0 Å². The lowest BCUT2D eigenvalue weighted by Crippen LogP contribution is -2.60. The number of nitrogens with zero attached hydrogens (tertiary/aromatic N) is 2. The van der Waals surface area contributed by atoms with Gasteiger partial charge in [0.1, 0.15) is 5.78 Å². The summed E-state index contributed by atoms with van der Waals surface area (Å²) >= 11 is 0. The fourth-order valence-electron chi connectivity index (χ4n) is 5.70. The summed E-state index contributed by atoms with van der Waals surface area (Å²) in [6.07, 6.45) is 6.85. The summed E-state index contributed by atoms with van der Waals surface area (Å²) < 4.78 is 0.875. The number of Topliss-reactive ketones (excluding diaryl/α,β-unsaturated/α-hetero) is 1. The second-order valence-electron chi connectivity index (χ2n) is 7.69. The van der Waals surface area contributed by atoms with Crippen LogP contribution < -0.4 is 4.73 Å². The topological polar surface area (TPSA) is 67.5 Å². The van der Waals surface area contributed by atoms with Gasteiger partial charge in [0.15, 0.2) is 12.4 Å². The molecule has 1 aromatic heterocycles. The molecule has 0 spiro atoms. The second-order valence-corrected chi connectivity index (χ2v) is 7.69. The van der Waals surface area contributed by atoms with Gasteiger partial charge < -0.3 is 10.3 Å². The fourth-order valence-corrected chi connectivity index (χ4v) is 5.70. The summed E-state index contributed by atoms with van der Waals surface area (Å²) in [5.74, 6) is 0.436. The van der Waals surface area contributed by atoms with Crippen LogP contribution in [0.15, 0.2) is 18.5 Å². The number of rotatable bonds is 1. The molecule has 1 aliphatic heterocycles. The molecule has 2 aliphatic carbocycles. The van der Waals surface area contributed by atoms with E-state index < -0.39 is 5.60 Å². The highest BCUT2D eigenvalue weighted by Gasteiger charge is 2.59. The van der Waals surface area contributed by atoms with Crippen LogP contribution in [0.4, 0.5) is 0 Å². The van der Waals surface area contributed by atoms with Crippen molar-refractivity contribution < 1.29 is 14.6 Å². The zero-order chi connectivity index (χ0) is 16.4. The number of aryl methyl sites for hydroxylation is 1. The monoisotopic (exact) mass is 316 g/mol. The average Bonchev–Trinajstić information content (AvgIpc) is 2.83. The Balaban J connectivity index is 1.74. The highest BCUT2D eigenvalue weighted by molar-refractivity contribution is 5.80. The van der Waals surface area contributed by atoms with Gasteiger partial charge in [-0.1, -0.05) is 0 Å². The number of fused-ring (bicyclic) bond motifs is 5. The molecule has 1 aromatic rings. The Morgan fingerprint density at radius 2 is 2.22 bits per heavy atom. The Hall–Kier alpha value is -1.46. The molecule has 1 N–H and O–H groups in total. The minimum atomic E-state index is -0.882. The van der Waals surface area contributed by atoms with Gasteiger partial charge in [-0.05, 0) is 57.1 Å². The van der Waals surface area contributed by atoms with Crippen LogP contribution in [0.2, 0.25) is 0 Å². The fraction of sp³-hybridized carbons (Fsp3) is 0.667. The van der Waals surface area contributed by atoms with Crippen molar-refractivity contribution in [3.05, 3.63) is 34.8 Å². The molecule has 0 aromatic carbocycles. The van der Waals surface area contributed by atoms with Gasteiger partial charge in [-0.25, -0.2) is 0 Å². The molecule has 2 fully saturated rings. The molecule has 5 heteroatoms. The Labute approximate surface area is 136 Å². The number of likely N-dealkylation sites (N-methyl/N-ethyl adjacent to an activating group) is 1. The minimum absolute atomic E-state index is 0.116. The van der Waals surface area contributed by atoms with Crippen LogP contribution in [-0.2, 0) is 11.2 Å². The predicted octanol–water partition coefficient (Wildman–Crippen LogP) is 1.22. The van der Waals surface area contributed by atoms with Crippen LogP contribution in [-0.4, -0.2) is 35.0 Å². The third-order valence-corrected chi connectivity index (χ3v) is 6.52. The van der Waals surface area contributed by atoms with Crippen molar-refractivity contribution in [1.82, 2.24) is 4.90 Å². The molecule has 5 atom stereocenters. The molecule has 23 heavy (non-hydrogen) atoms. The van der Waals surface area contributed by atoms with Gasteiger partial charge in [0, 0.05) is 30.1 Å². The molecule has 5 nitrogen and oxygen atoms in total. The van der Waals surface area contributed by atoms with Crippen molar-refractivity contribution >= 4 is 5.78 Å². The van der Waals surface area contributed by atoms with Crippen LogP contribution in [0.3, 0.4) is 0 Å². The van der Waals surface area contributed by atoms with Gasteiger partial charge in [-0.15, -0.1) is 0 Å². The van der Waals surface area contributed by atoms with Crippen molar-refractivity contribution in [2.24, 2.45) is 17.8 Å². The standard InChI is InChI=1S/C18H24N2O3/c1-11(21)15-5-6-16-14-4-3-12-9-20(23)8-7-13(12)17(14)19(2)10-18(15,16)22/h7-9,14-17,22H,3-6,10H2,1-2H3/t14-,15-,16-,17+,18-/m0/s1. The molecule has 0 unspecified atom stereocenters. The molecule has 1 saturated heterocycles. The number of hydrogen-bond acceptors (Lipinski definition) is 4. The Bertz CT molecular complexity index is 662. The maximum Gasteiger partial charge on any atom is 0.183 e. The second kappa shape index (κ2) is 5.02. The maximum absolute atomic E-state index is 12.0. The summed E-state index contributed by atoms with van der Waals surface area (Å²) in [7, 11) is 2.04. The first-order valence-corrected chi connectivity index (χ1v) is 8.56. The minimum Gasteiger partial charge on any atom is -0.619 e. The number of likely N-dealkylation sites (tertiary alicyclic amines) is 1. The number of carbonyl (C=O) groups is 1. The van der Waals surface area contributed by atoms with Crippen LogP contribution in [0.1, 0.15) is 43.4 Å². The van der Waals surface area contributed by atoms with E-state index in [0.717, 1.165) is 36.0 Å². The number of carbonyl (C=O) groups excluding carboxylic acids is 1. The Morgan fingerprint density at radius 1 is 1.43 bits per heavy atom. The van der Waals surface area contributed by atoms with Crippen LogP contribution in [0, 0.1) is 23.0 Å². The lowest BCUT2D eigenvalue weighted by Gasteiger charge is -2.53. The molecule has 2 heterocycles. The van der Waals surface area contributed by atoms with E-state index in [2.05, 4.69) is 4.90 Å². The van der Waals surface area contributed by atoms with Crippen molar-refractivity contribution in [3.63, 3.8) is 0 Å². The first-order valence-electron chi connectivity index (χ1n) is 8.56. The van der Waals surface area contributed by atoms with E-state index in [0.29, 0.717) is 12.5 Å². The first kappa shape index (κ1) is 15.1. The number of β-amino-alcohol motifs (C(OH)–C–C–N with tert-alkyl or cyclic N) is 1. The Kier molecular flexibility index (Phi) is 3.29. The lowest BCUT2D eigenvalue weighted by molar-refractivity contribution is -0.606. The summed E-state index contributed by atoms with van der Waals surface area (Å²) in [5.41, 5.74) is 1.47. The SMILES string of the molecule is CC(=O)[C@@H]1CC[C@H]2[C@@H]3CCc4c[n+]([O-])ccc4[C@H]3N(C)C[C@]12O. The molecule has 0 amide bonds. The summed E-state index contributed by atoms with van der Waals surface area (Å²) in [5, 5.41) is 22.9. The number of hydrogen-bond donors (Lipinski definition) is 1. The molecule has 3 aliphatic rings. The van der Waals surface area contributed by atoms with Crippen molar-refractivity contribution in [3.8, 4) is 0 Å². The van der Waals surface area contributed by atoms with Gasteiger partial charge in [0.05, 0.1) is 5.60 Å². The quantitative estimate of drug-likeness (QED) is 0.625. The largest absolute Gasteiger partial charge is 0.619 e. The van der Waals surface area contributed by atoms with Crippen molar-refractivity contribution in [2.45, 2.75) is 44.2 Å². The number of pyridine rings is 1. The van der Waals surface area contributed by atoms with Gasteiger partial charge in [0.2, 0.25) is 0 Å². The average molecular weight is 316 g/mol. The molecule has 0 bridgehead atoms. The number of piperidine rings is 1. The number of aromatic nitrogens is 1. The van der Waals surface area contributed by atoms with Gasteiger partial charge in [-0.2, -0.15) is 4.73 Å². The normalized spacial score (nSPS) is 39.4. The number of aliphatic hydroxyl groups is 1. The number of ketones is 1. The van der Waals surface area contributed by atoms with Crippen molar-refractivity contribution in [2.75, 3.05) is 13.6 Å². The van der Waals surface area contributed by atoms with Crippen LogP contribution in [0.25, 0.3) is 0 Å². The summed E-state index contributed by atoms with van der Waals surface area (Å²) in [4.78, 5) is 14.2. The van der Waals surface area contributed by atoms with E-state index in [1.54, 1.807) is 19.3 Å². The van der Waals surface area contributed by atoms with Crippen LogP contribution in [0.5, 0.6) is 0 Å². The van der Waals surface area contributed by atoms with E-state index in [4.69, 9.17) is 0 Å². The molecule has 124 valence electrons. The molecule has 1 saturated carbocycles. The molecular formula is C18H24N2O3. The van der Waals surface area contributed by atoms with Gasteiger partial charge in [0.25, 0.3) is 0 Å². The maximum atomic E-state index is 12.0. The third-order valence-electron chi connectivity index (χ3n) is 6.52. The molecule has 4 rings (SSSR count). The van der Waals surface area contributed by atoms with Gasteiger partial charge in [-0.3, -0.25) is 9.69 Å². The van der Waals surface area contributed by atoms with Gasteiger partial charge >= 0.3 is 0 Å². The van der Waals surface area contributed by atoms with E-state index >= 15 is 0 Å². The predicted molar refractivity (Wildman–Crippen MR) is 84.4 cm³/mol. The highest BCUT2D eigenvalue weighted by Crippen LogP contribution is 2.56. The van der Waals surface area contributed by atoms with E-state index in [9.17, 15) is 15.1 Å². The molecular weight excluding hydrogens is 292 g/mol.